The van der Waals surface area contributed by atoms with Gasteiger partial charge in [-0.1, -0.05) is 17.7 Å². The third kappa shape index (κ3) is 7.42. The summed E-state index contributed by atoms with van der Waals surface area (Å²) in [6, 6.07) is -0.729. The Morgan fingerprint density at radius 2 is 1.92 bits per heavy atom. The van der Waals surface area contributed by atoms with E-state index in [4.69, 9.17) is 16.3 Å². The van der Waals surface area contributed by atoms with Crippen molar-refractivity contribution in [1.82, 2.24) is 30.3 Å². The molecule has 0 aliphatic carbocycles. The number of likely N-dealkylation sites (N-methyl/N-ethyl adjacent to an activating group) is 1. The Hall–Kier alpha value is -5.05. The molecule has 1 unspecified atom stereocenters. The molecule has 2 aromatic carbocycles. The number of carbonyl (C=O) groups is 5. The van der Waals surface area contributed by atoms with E-state index in [1.165, 1.54) is 22.3 Å². The number of nitrogens with zero attached hydrogens (tertiary/aromatic N) is 4. The predicted octanol–water partition coefficient (Wildman–Crippen LogP) is 0.877. The summed E-state index contributed by atoms with van der Waals surface area (Å²) in [6.07, 6.45) is 1.36. The molecule has 6 N–H and O–H groups in total. The lowest BCUT2D eigenvalue weighted by atomic mass is 9.72. The van der Waals surface area contributed by atoms with Crippen LogP contribution in [0.1, 0.15) is 32.5 Å². The quantitative estimate of drug-likeness (QED) is 0.0970. The van der Waals surface area contributed by atoms with E-state index in [1.54, 1.807) is 6.20 Å². The van der Waals surface area contributed by atoms with Crippen molar-refractivity contribution in [2.45, 2.75) is 24.9 Å². The summed E-state index contributed by atoms with van der Waals surface area (Å²) in [6.45, 7) is 0.705. The van der Waals surface area contributed by atoms with Gasteiger partial charge in [0.1, 0.15) is 28.2 Å². The number of imide groups is 1. The molecule has 1 saturated heterocycles. The summed E-state index contributed by atoms with van der Waals surface area (Å²) in [5.74, 6) is -11.9. The second-order valence-corrected chi connectivity index (χ2v) is 12.7. The molecule has 3 aromatic rings. The van der Waals surface area contributed by atoms with Gasteiger partial charge in [-0.25, -0.2) is 23.4 Å². The summed E-state index contributed by atoms with van der Waals surface area (Å²) >= 11 is 7.59. The van der Waals surface area contributed by atoms with Gasteiger partial charge in [0.25, 0.3) is 0 Å². The number of nitrogens with one attached hydrogen (secondary N) is 2. The maximum atomic E-state index is 14.6. The highest BCUT2D eigenvalue weighted by Crippen LogP contribution is 2.40. The van der Waals surface area contributed by atoms with Gasteiger partial charge < -0.3 is 40.5 Å². The highest BCUT2D eigenvalue weighted by molar-refractivity contribution is 7.09. The molecule has 0 bridgehead atoms. The lowest BCUT2D eigenvalue weighted by molar-refractivity contribution is -0.153. The number of aromatic hydroxyl groups is 2. The molecular formula is C29H28BClF2N6O10S. The summed E-state index contributed by atoms with van der Waals surface area (Å²) in [5, 5.41) is 46.5. The molecule has 0 spiro atoms. The summed E-state index contributed by atoms with van der Waals surface area (Å²) in [5.41, 5.74) is -1.35. The third-order valence-corrected chi connectivity index (χ3v) is 9.14. The first-order valence-corrected chi connectivity index (χ1v) is 16.0. The number of carboxylic acid groups (broad SMARTS) is 1. The minimum absolute atomic E-state index is 0.0563. The number of urea groups is 1. The first-order valence-electron chi connectivity index (χ1n) is 14.8. The number of thiazole rings is 1. The number of phenolic OH excluding ortho intramolecular Hbond substituents is 2. The zero-order valence-corrected chi connectivity index (χ0v) is 27.5. The fraction of sp³-hybridized carbons (Fsp3) is 0.310. The van der Waals surface area contributed by atoms with Gasteiger partial charge in [0.05, 0.1) is 17.5 Å². The fourth-order valence-electron chi connectivity index (χ4n) is 5.36. The smallest absolute Gasteiger partial charge is 0.534 e. The Labute approximate surface area is 291 Å². The number of aromatic carboxylic acids is 1. The molecule has 16 nitrogen and oxygen atoms in total. The third-order valence-electron chi connectivity index (χ3n) is 7.98. The molecule has 2 atom stereocenters. The lowest BCUT2D eigenvalue weighted by Gasteiger charge is -2.34. The normalized spacial score (nSPS) is 16.6. The van der Waals surface area contributed by atoms with Gasteiger partial charge in [-0.15, -0.1) is 11.3 Å². The van der Waals surface area contributed by atoms with E-state index in [2.05, 4.69) is 15.6 Å². The molecule has 2 aliphatic rings. The second kappa shape index (κ2) is 14.8. The monoisotopic (exact) mass is 736 g/mol. The van der Waals surface area contributed by atoms with Crippen LogP contribution in [-0.4, -0.2) is 116 Å². The van der Waals surface area contributed by atoms with E-state index in [0.717, 1.165) is 11.1 Å². The minimum atomic E-state index is -2.02. The maximum absolute atomic E-state index is 14.6. The predicted molar refractivity (Wildman–Crippen MR) is 170 cm³/mol. The van der Waals surface area contributed by atoms with Gasteiger partial charge in [-0.05, 0) is 31.2 Å². The molecule has 5 rings (SSSR count). The van der Waals surface area contributed by atoms with Crippen molar-refractivity contribution in [2.24, 2.45) is 0 Å². The van der Waals surface area contributed by atoms with E-state index in [1.807, 2.05) is 17.3 Å². The average molecular weight is 737 g/mol. The highest BCUT2D eigenvalue weighted by atomic mass is 35.5. The van der Waals surface area contributed by atoms with Gasteiger partial charge in [0.15, 0.2) is 17.3 Å². The molecule has 3 heterocycles. The number of aromatic nitrogens is 1. The number of fused-ring (bicyclic) bond motifs is 1. The summed E-state index contributed by atoms with van der Waals surface area (Å²) in [7, 11) is -0.141. The van der Waals surface area contributed by atoms with E-state index in [0.29, 0.717) is 24.1 Å². The van der Waals surface area contributed by atoms with Gasteiger partial charge in [-0.3, -0.25) is 24.2 Å². The Kier molecular flexibility index (Phi) is 10.7. The van der Waals surface area contributed by atoms with E-state index < -0.39 is 93.9 Å². The van der Waals surface area contributed by atoms with Gasteiger partial charge in [0.2, 0.25) is 5.91 Å². The Balaban J connectivity index is 1.33. The van der Waals surface area contributed by atoms with Crippen LogP contribution in [0.4, 0.5) is 13.6 Å². The van der Waals surface area contributed by atoms with Crippen molar-refractivity contribution in [3.05, 3.63) is 68.1 Å². The van der Waals surface area contributed by atoms with Crippen molar-refractivity contribution in [3.63, 3.8) is 0 Å². The lowest BCUT2D eigenvalue weighted by Crippen LogP contribution is -2.60. The van der Waals surface area contributed by atoms with Crippen molar-refractivity contribution >= 4 is 59.8 Å². The molecule has 1 fully saturated rings. The van der Waals surface area contributed by atoms with E-state index >= 15 is 0 Å². The molecule has 5 amide bonds. The minimum Gasteiger partial charge on any atom is -0.534 e. The molecule has 2 aliphatic heterocycles. The summed E-state index contributed by atoms with van der Waals surface area (Å²) in [4.78, 5) is 72.5. The molecule has 0 radical (unpaired) electrons. The molecule has 50 heavy (non-hydrogen) atoms. The van der Waals surface area contributed by atoms with E-state index in [-0.39, 0.29) is 31.6 Å². The molecule has 264 valence electrons. The van der Waals surface area contributed by atoms with Crippen LogP contribution in [0.3, 0.4) is 0 Å². The van der Waals surface area contributed by atoms with E-state index in [9.17, 15) is 53.1 Å². The van der Waals surface area contributed by atoms with Crippen LogP contribution in [0.2, 0.25) is 5.02 Å². The Morgan fingerprint density at radius 3 is 2.60 bits per heavy atom. The van der Waals surface area contributed by atoms with Crippen LogP contribution in [0.25, 0.3) is 0 Å². The van der Waals surface area contributed by atoms with Gasteiger partial charge in [0, 0.05) is 43.3 Å². The largest absolute Gasteiger partial charge is 0.547 e. The number of rotatable bonds is 10. The summed E-state index contributed by atoms with van der Waals surface area (Å²) < 4.78 is 34.0. The zero-order chi connectivity index (χ0) is 36.4. The van der Waals surface area contributed by atoms with Crippen LogP contribution in [0.5, 0.6) is 17.2 Å². The van der Waals surface area contributed by atoms with Crippen LogP contribution < -0.4 is 15.3 Å². The number of benzene rings is 2. The highest BCUT2D eigenvalue weighted by Gasteiger charge is 2.42. The number of hydrogen-bond acceptors (Lipinski definition) is 12. The maximum Gasteiger partial charge on any atom is 0.547 e. The topological polar surface area (TPSA) is 222 Å². The first kappa shape index (κ1) is 36.2. The molecule has 21 heteroatoms. The van der Waals surface area contributed by atoms with Crippen molar-refractivity contribution in [3.8, 4) is 17.2 Å². The fourth-order valence-corrected chi connectivity index (χ4v) is 6.31. The average Bonchev–Trinajstić information content (AvgIpc) is 3.58. The number of carbonyl (C=O) groups excluding carboxylic acids is 4. The number of phenols is 2. The van der Waals surface area contributed by atoms with Crippen molar-refractivity contribution < 1.29 is 57.8 Å². The number of piperazine rings is 1. The van der Waals surface area contributed by atoms with Crippen LogP contribution in [-0.2, 0) is 27.3 Å². The van der Waals surface area contributed by atoms with Crippen LogP contribution in [0.15, 0.2) is 29.8 Å². The standard InChI is InChI=1S/C29H28BClF2N6O10S/c1-37(12-18-34-4-9-50-18)5-6-38-7-8-39(27(44)26(38)43)29(47)36-21(14-11-16(33)22(40)23(41)20(14)31)25(42)35-17-10-13-2-3-15(32)19(28(45)46)24(13)49-30(17)48/h2-4,9,11,17,21,40-41,48H,5-8,10,12H2,1H3,(H,35,42)(H,36,47)(H,45,46)/t17-,21?/m0/s1. The van der Waals surface area contributed by atoms with Gasteiger partial charge >= 0.3 is 30.9 Å². The van der Waals surface area contributed by atoms with Crippen LogP contribution >= 0.6 is 22.9 Å². The van der Waals surface area contributed by atoms with Crippen LogP contribution in [0, 0.1) is 11.6 Å². The SMILES string of the molecule is CN(CCN1CCN(C(=O)NC(C(=O)N[C@H]2Cc3ccc(F)c(C(=O)O)c3OB2O)c2cc(F)c(O)c(O)c2Cl)C(=O)C1=O)Cc1nccs1. The number of halogens is 3. The number of amides is 5. The van der Waals surface area contributed by atoms with Crippen molar-refractivity contribution in [2.75, 3.05) is 33.2 Å². The Bertz CT molecular complexity index is 1860. The van der Waals surface area contributed by atoms with Gasteiger partial charge in [-0.2, -0.15) is 0 Å². The second-order valence-electron chi connectivity index (χ2n) is 11.3. The number of carboxylic acids is 1. The zero-order valence-electron chi connectivity index (χ0n) is 25.9. The Morgan fingerprint density at radius 1 is 1.18 bits per heavy atom. The molecule has 1 aromatic heterocycles. The molecule has 0 saturated carbocycles. The van der Waals surface area contributed by atoms with Crippen molar-refractivity contribution in [1.29, 1.82) is 0 Å². The number of hydrogen-bond donors (Lipinski definition) is 6. The molecular weight excluding hydrogens is 709 g/mol. The first-order chi connectivity index (χ1) is 23.7.